The lowest BCUT2D eigenvalue weighted by molar-refractivity contribution is 0.0811. The summed E-state index contributed by atoms with van der Waals surface area (Å²) in [6.45, 7) is 6.05. The van der Waals surface area contributed by atoms with Crippen LogP contribution in [0.1, 0.15) is 51.5 Å². The number of nitrogens with zero attached hydrogens (tertiary/aromatic N) is 2. The predicted octanol–water partition coefficient (Wildman–Crippen LogP) is 2.32. The molecular weight excluding hydrogens is 232 g/mol. The van der Waals surface area contributed by atoms with E-state index < -0.39 is 6.10 Å². The summed E-state index contributed by atoms with van der Waals surface area (Å²) in [4.78, 5) is 0. The number of aliphatic hydroxyl groups is 1. The first-order valence-electron chi connectivity index (χ1n) is 6.33. The molecular formula is C13H24N2O3. The fourth-order valence-corrected chi connectivity index (χ4v) is 1.89. The van der Waals surface area contributed by atoms with Gasteiger partial charge in [-0.1, -0.05) is 0 Å². The normalized spacial score (nSPS) is 14.8. The molecule has 0 fully saturated rings. The van der Waals surface area contributed by atoms with E-state index in [1.54, 1.807) is 25.1 Å². The van der Waals surface area contributed by atoms with Crippen molar-refractivity contribution in [1.82, 2.24) is 9.78 Å². The summed E-state index contributed by atoms with van der Waals surface area (Å²) in [7, 11) is 3.27. The van der Waals surface area contributed by atoms with Crippen LogP contribution < -0.4 is 4.74 Å². The van der Waals surface area contributed by atoms with Gasteiger partial charge in [0.1, 0.15) is 5.69 Å². The number of aliphatic hydroxyl groups excluding tert-OH is 1. The zero-order chi connectivity index (χ0) is 13.7. The second-order valence-corrected chi connectivity index (χ2v) is 4.78. The number of rotatable bonds is 7. The van der Waals surface area contributed by atoms with Gasteiger partial charge in [0.05, 0.1) is 25.5 Å². The van der Waals surface area contributed by atoms with Crippen molar-refractivity contribution in [3.8, 4) is 5.75 Å². The maximum Gasteiger partial charge on any atom is 0.162 e. The molecule has 1 heterocycles. The van der Waals surface area contributed by atoms with E-state index in [1.807, 2.05) is 20.8 Å². The van der Waals surface area contributed by atoms with Crippen LogP contribution >= 0.6 is 0 Å². The van der Waals surface area contributed by atoms with E-state index in [2.05, 4.69) is 5.10 Å². The highest BCUT2D eigenvalue weighted by atomic mass is 16.5. The molecule has 0 spiro atoms. The zero-order valence-corrected chi connectivity index (χ0v) is 11.9. The number of aromatic nitrogens is 2. The van der Waals surface area contributed by atoms with Gasteiger partial charge in [0.2, 0.25) is 0 Å². The Morgan fingerprint density at radius 1 is 1.28 bits per heavy atom. The molecule has 0 saturated carbocycles. The quantitative estimate of drug-likeness (QED) is 0.813. The second kappa shape index (κ2) is 6.75. The molecule has 1 rings (SSSR count). The molecule has 18 heavy (non-hydrogen) atoms. The van der Waals surface area contributed by atoms with Crippen molar-refractivity contribution in [2.75, 3.05) is 14.2 Å². The lowest BCUT2D eigenvalue weighted by Gasteiger charge is -2.18. The third kappa shape index (κ3) is 3.46. The number of ether oxygens (including phenoxy) is 2. The molecule has 0 bridgehead atoms. The van der Waals surface area contributed by atoms with Gasteiger partial charge in [-0.3, -0.25) is 4.68 Å². The SMILES string of the molecule is COc1cnn(C(C)C)c1C(O)CCC(C)OC. The van der Waals surface area contributed by atoms with Gasteiger partial charge in [-0.05, 0) is 33.6 Å². The lowest BCUT2D eigenvalue weighted by Crippen LogP contribution is -2.14. The van der Waals surface area contributed by atoms with E-state index in [1.165, 1.54) is 0 Å². The predicted molar refractivity (Wildman–Crippen MR) is 69.8 cm³/mol. The molecule has 104 valence electrons. The second-order valence-electron chi connectivity index (χ2n) is 4.78. The molecule has 2 unspecified atom stereocenters. The third-order valence-corrected chi connectivity index (χ3v) is 3.07. The van der Waals surface area contributed by atoms with E-state index in [-0.39, 0.29) is 12.1 Å². The zero-order valence-electron chi connectivity index (χ0n) is 11.9. The van der Waals surface area contributed by atoms with Crippen molar-refractivity contribution in [3.63, 3.8) is 0 Å². The fourth-order valence-electron chi connectivity index (χ4n) is 1.89. The van der Waals surface area contributed by atoms with Gasteiger partial charge in [-0.2, -0.15) is 5.10 Å². The van der Waals surface area contributed by atoms with Crippen LogP contribution in [0.4, 0.5) is 0 Å². The molecule has 0 saturated heterocycles. The smallest absolute Gasteiger partial charge is 0.162 e. The Balaban J connectivity index is 2.82. The fraction of sp³-hybridized carbons (Fsp3) is 0.769. The van der Waals surface area contributed by atoms with Crippen molar-refractivity contribution in [1.29, 1.82) is 0 Å². The molecule has 1 aromatic rings. The van der Waals surface area contributed by atoms with Crippen LogP contribution in [0.25, 0.3) is 0 Å². The van der Waals surface area contributed by atoms with Crippen LogP contribution in [0, 0.1) is 0 Å². The van der Waals surface area contributed by atoms with Crippen LogP contribution in [0.5, 0.6) is 5.75 Å². The third-order valence-electron chi connectivity index (χ3n) is 3.07. The first-order valence-corrected chi connectivity index (χ1v) is 6.33. The summed E-state index contributed by atoms with van der Waals surface area (Å²) >= 11 is 0. The number of methoxy groups -OCH3 is 2. The highest BCUT2D eigenvalue weighted by molar-refractivity contribution is 5.27. The molecule has 0 amide bonds. The Kier molecular flexibility index (Phi) is 5.62. The summed E-state index contributed by atoms with van der Waals surface area (Å²) in [5.41, 5.74) is 0.746. The largest absolute Gasteiger partial charge is 0.493 e. The molecule has 1 N–H and O–H groups in total. The topological polar surface area (TPSA) is 56.5 Å². The van der Waals surface area contributed by atoms with Crippen LogP contribution in [-0.2, 0) is 4.74 Å². The summed E-state index contributed by atoms with van der Waals surface area (Å²) in [6.07, 6.45) is 2.63. The van der Waals surface area contributed by atoms with E-state index in [4.69, 9.17) is 9.47 Å². The summed E-state index contributed by atoms with van der Waals surface area (Å²) in [5.74, 6) is 0.640. The number of hydrogen-bond acceptors (Lipinski definition) is 4. The number of hydrogen-bond donors (Lipinski definition) is 1. The van der Waals surface area contributed by atoms with E-state index in [0.717, 1.165) is 12.1 Å². The van der Waals surface area contributed by atoms with Crippen LogP contribution in [0.15, 0.2) is 6.20 Å². The van der Waals surface area contributed by atoms with Gasteiger partial charge in [0, 0.05) is 13.2 Å². The first kappa shape index (κ1) is 15.0. The van der Waals surface area contributed by atoms with E-state index in [0.29, 0.717) is 12.2 Å². The Morgan fingerprint density at radius 2 is 1.94 bits per heavy atom. The molecule has 0 aliphatic heterocycles. The summed E-state index contributed by atoms with van der Waals surface area (Å²) in [5, 5.41) is 14.6. The Hall–Kier alpha value is -1.07. The van der Waals surface area contributed by atoms with Crippen LogP contribution in [0.3, 0.4) is 0 Å². The van der Waals surface area contributed by atoms with Crippen molar-refractivity contribution < 1.29 is 14.6 Å². The Labute approximate surface area is 109 Å². The highest BCUT2D eigenvalue weighted by Gasteiger charge is 2.21. The van der Waals surface area contributed by atoms with E-state index in [9.17, 15) is 5.11 Å². The molecule has 5 nitrogen and oxygen atoms in total. The van der Waals surface area contributed by atoms with Gasteiger partial charge in [-0.25, -0.2) is 0 Å². The van der Waals surface area contributed by atoms with Crippen molar-refractivity contribution in [2.24, 2.45) is 0 Å². The summed E-state index contributed by atoms with van der Waals surface area (Å²) < 4.78 is 12.2. The maximum atomic E-state index is 10.3. The standard InChI is InChI=1S/C13H24N2O3/c1-9(2)15-13(12(18-5)8-14-15)11(16)7-6-10(3)17-4/h8-11,16H,6-7H2,1-5H3. The average Bonchev–Trinajstić information content (AvgIpc) is 2.79. The summed E-state index contributed by atoms with van der Waals surface area (Å²) in [6, 6.07) is 0.193. The molecule has 0 aliphatic rings. The Morgan fingerprint density at radius 3 is 2.44 bits per heavy atom. The van der Waals surface area contributed by atoms with Gasteiger partial charge >= 0.3 is 0 Å². The molecule has 1 aromatic heterocycles. The van der Waals surface area contributed by atoms with Crippen molar-refractivity contribution >= 4 is 0 Å². The first-order chi connectivity index (χ1) is 8.51. The van der Waals surface area contributed by atoms with Crippen molar-refractivity contribution in [2.45, 2.75) is 51.9 Å². The van der Waals surface area contributed by atoms with Gasteiger partial charge in [0.15, 0.2) is 5.75 Å². The van der Waals surface area contributed by atoms with Crippen LogP contribution in [0.2, 0.25) is 0 Å². The van der Waals surface area contributed by atoms with Gasteiger partial charge < -0.3 is 14.6 Å². The van der Waals surface area contributed by atoms with Crippen molar-refractivity contribution in [3.05, 3.63) is 11.9 Å². The lowest BCUT2D eigenvalue weighted by atomic mass is 10.1. The molecule has 5 heteroatoms. The van der Waals surface area contributed by atoms with E-state index >= 15 is 0 Å². The molecule has 0 aromatic carbocycles. The average molecular weight is 256 g/mol. The molecule has 0 radical (unpaired) electrons. The van der Waals surface area contributed by atoms with Crippen LogP contribution in [-0.4, -0.2) is 35.2 Å². The monoisotopic (exact) mass is 256 g/mol. The Bertz CT molecular complexity index is 363. The van der Waals surface area contributed by atoms with Gasteiger partial charge in [0.25, 0.3) is 0 Å². The minimum atomic E-state index is -0.581. The molecule has 2 atom stereocenters. The van der Waals surface area contributed by atoms with Gasteiger partial charge in [-0.15, -0.1) is 0 Å². The maximum absolute atomic E-state index is 10.3. The molecule has 0 aliphatic carbocycles. The highest BCUT2D eigenvalue weighted by Crippen LogP contribution is 2.30. The minimum absolute atomic E-state index is 0.140. The minimum Gasteiger partial charge on any atom is -0.493 e.